The number of halogens is 3. The van der Waals surface area contributed by atoms with Crippen LogP contribution >= 0.6 is 0 Å². The van der Waals surface area contributed by atoms with Gasteiger partial charge in [-0.1, -0.05) is 6.07 Å². The minimum Gasteiger partial charge on any atom is -0.481 e. The summed E-state index contributed by atoms with van der Waals surface area (Å²) in [6.07, 6.45) is -5.66. The Morgan fingerprint density at radius 2 is 2.00 bits per heavy atom. The molecule has 0 bridgehead atoms. The van der Waals surface area contributed by atoms with E-state index in [-0.39, 0.29) is 24.5 Å². The van der Waals surface area contributed by atoms with Crippen LogP contribution in [0.2, 0.25) is 0 Å². The van der Waals surface area contributed by atoms with E-state index < -0.39 is 30.6 Å². The lowest BCUT2D eigenvalue weighted by Crippen LogP contribution is -2.41. The average Bonchev–Trinajstić information content (AvgIpc) is 2.49. The molecule has 1 unspecified atom stereocenters. The van der Waals surface area contributed by atoms with Gasteiger partial charge in [-0.15, -0.1) is 0 Å². The van der Waals surface area contributed by atoms with E-state index in [1.165, 1.54) is 31.2 Å². The van der Waals surface area contributed by atoms with E-state index in [0.717, 1.165) is 0 Å². The van der Waals surface area contributed by atoms with Crippen LogP contribution in [0.15, 0.2) is 24.3 Å². The summed E-state index contributed by atoms with van der Waals surface area (Å²) < 4.78 is 41.3. The monoisotopic (exact) mass is 334 g/mol. The predicted octanol–water partition coefficient (Wildman–Crippen LogP) is 0.854. The molecule has 0 radical (unpaired) electrons. The van der Waals surface area contributed by atoms with Gasteiger partial charge in [0.2, 0.25) is 0 Å². The highest BCUT2D eigenvalue weighted by molar-refractivity contribution is 5.94. The number of hydrogen-bond acceptors (Lipinski definition) is 4. The molecule has 1 aromatic carbocycles. The van der Waals surface area contributed by atoms with E-state index in [1.807, 2.05) is 0 Å². The number of carbonyl (C=O) groups is 2. The van der Waals surface area contributed by atoms with E-state index in [0.29, 0.717) is 0 Å². The lowest BCUT2D eigenvalue weighted by atomic mass is 10.2. The van der Waals surface area contributed by atoms with Crippen LogP contribution in [0.4, 0.5) is 13.2 Å². The predicted molar refractivity (Wildman–Crippen MR) is 75.0 cm³/mol. The maximum Gasteiger partial charge on any atom is 0.405 e. The smallest absolute Gasteiger partial charge is 0.405 e. The summed E-state index contributed by atoms with van der Waals surface area (Å²) in [6, 6.07) is 5.81. The van der Waals surface area contributed by atoms with Crippen molar-refractivity contribution in [2.45, 2.75) is 19.2 Å². The number of aliphatic hydroxyl groups is 1. The van der Waals surface area contributed by atoms with Crippen LogP contribution in [-0.4, -0.2) is 48.9 Å². The van der Waals surface area contributed by atoms with Gasteiger partial charge in [0.15, 0.2) is 6.10 Å². The second-order valence-corrected chi connectivity index (χ2v) is 4.60. The molecule has 0 fully saturated rings. The van der Waals surface area contributed by atoms with Gasteiger partial charge in [0.1, 0.15) is 12.3 Å². The summed E-state index contributed by atoms with van der Waals surface area (Å²) in [4.78, 5) is 23.2. The van der Waals surface area contributed by atoms with Crippen LogP contribution in [0.5, 0.6) is 5.75 Å². The lowest BCUT2D eigenvalue weighted by molar-refractivity contribution is -0.142. The molecule has 23 heavy (non-hydrogen) atoms. The van der Waals surface area contributed by atoms with Gasteiger partial charge in [-0.05, 0) is 25.1 Å². The Bertz CT molecular complexity index is 549. The summed E-state index contributed by atoms with van der Waals surface area (Å²) in [6.45, 7) is -0.272. The van der Waals surface area contributed by atoms with Gasteiger partial charge in [-0.2, -0.15) is 13.2 Å². The number of rotatable bonds is 7. The molecule has 1 atom stereocenters. The van der Waals surface area contributed by atoms with Crippen molar-refractivity contribution in [1.82, 2.24) is 10.6 Å². The minimum atomic E-state index is -4.50. The third kappa shape index (κ3) is 7.00. The fraction of sp³-hybridized carbons (Fsp3) is 0.429. The zero-order chi connectivity index (χ0) is 17.5. The first-order chi connectivity index (χ1) is 10.7. The molecule has 128 valence electrons. The van der Waals surface area contributed by atoms with E-state index >= 15 is 0 Å². The van der Waals surface area contributed by atoms with Crippen molar-refractivity contribution in [2.24, 2.45) is 0 Å². The highest BCUT2D eigenvalue weighted by Gasteiger charge is 2.29. The Labute approximate surface area is 130 Å². The van der Waals surface area contributed by atoms with Crippen molar-refractivity contribution in [3.05, 3.63) is 29.8 Å². The third-order valence-electron chi connectivity index (χ3n) is 2.64. The maximum atomic E-state index is 12.0. The number of ether oxygens (including phenoxy) is 1. The largest absolute Gasteiger partial charge is 0.481 e. The fourth-order valence-corrected chi connectivity index (χ4v) is 1.57. The van der Waals surface area contributed by atoms with Crippen molar-refractivity contribution in [3.8, 4) is 5.75 Å². The Morgan fingerprint density at radius 3 is 2.61 bits per heavy atom. The molecular formula is C14H17F3N2O4. The molecule has 3 N–H and O–H groups in total. The van der Waals surface area contributed by atoms with Gasteiger partial charge in [0.25, 0.3) is 11.8 Å². The molecule has 0 saturated carbocycles. The molecule has 0 aliphatic carbocycles. The van der Waals surface area contributed by atoms with Crippen LogP contribution in [0.25, 0.3) is 0 Å². The zero-order valence-corrected chi connectivity index (χ0v) is 12.3. The van der Waals surface area contributed by atoms with Crippen molar-refractivity contribution >= 4 is 11.8 Å². The van der Waals surface area contributed by atoms with Gasteiger partial charge in [-0.25, -0.2) is 0 Å². The van der Waals surface area contributed by atoms with Crippen LogP contribution in [0, 0.1) is 0 Å². The Balaban J connectivity index is 2.62. The number of benzene rings is 1. The van der Waals surface area contributed by atoms with Gasteiger partial charge in [0, 0.05) is 12.1 Å². The highest BCUT2D eigenvalue weighted by Crippen LogP contribution is 2.16. The Morgan fingerprint density at radius 1 is 1.30 bits per heavy atom. The Hall–Kier alpha value is -2.29. The molecule has 9 heteroatoms. The van der Waals surface area contributed by atoms with Crippen LogP contribution in [0.1, 0.15) is 17.3 Å². The SMILES string of the molecule is CC(Oc1cccc(C(=O)NCCO)c1)C(=O)NCC(F)(F)F. The normalized spacial score (nSPS) is 12.4. The van der Waals surface area contributed by atoms with E-state index in [9.17, 15) is 22.8 Å². The fourth-order valence-electron chi connectivity index (χ4n) is 1.57. The second kappa shape index (κ2) is 8.37. The third-order valence-corrected chi connectivity index (χ3v) is 2.64. The molecule has 2 amide bonds. The highest BCUT2D eigenvalue weighted by atomic mass is 19.4. The average molecular weight is 334 g/mol. The first kappa shape index (κ1) is 18.8. The molecule has 0 aliphatic rings. The van der Waals surface area contributed by atoms with Gasteiger partial charge in [-0.3, -0.25) is 9.59 Å². The molecule has 0 saturated heterocycles. The molecule has 0 aromatic heterocycles. The van der Waals surface area contributed by atoms with Crippen LogP contribution in [-0.2, 0) is 4.79 Å². The lowest BCUT2D eigenvalue weighted by Gasteiger charge is -2.16. The van der Waals surface area contributed by atoms with E-state index in [4.69, 9.17) is 9.84 Å². The molecule has 0 aliphatic heterocycles. The number of amides is 2. The van der Waals surface area contributed by atoms with Crippen molar-refractivity contribution < 1.29 is 32.6 Å². The van der Waals surface area contributed by atoms with Gasteiger partial charge < -0.3 is 20.5 Å². The quantitative estimate of drug-likeness (QED) is 0.690. The maximum absolute atomic E-state index is 12.0. The molecule has 1 aromatic rings. The van der Waals surface area contributed by atoms with Crippen molar-refractivity contribution in [1.29, 1.82) is 0 Å². The number of hydrogen-bond donors (Lipinski definition) is 3. The number of aliphatic hydroxyl groups excluding tert-OH is 1. The summed E-state index contributed by atoms with van der Waals surface area (Å²) >= 11 is 0. The van der Waals surface area contributed by atoms with Gasteiger partial charge in [0.05, 0.1) is 6.61 Å². The van der Waals surface area contributed by atoms with E-state index in [1.54, 1.807) is 5.32 Å². The first-order valence-corrected chi connectivity index (χ1v) is 6.73. The molecule has 0 spiro atoms. The number of carbonyl (C=O) groups excluding carboxylic acids is 2. The number of nitrogens with one attached hydrogen (secondary N) is 2. The van der Waals surface area contributed by atoms with Crippen molar-refractivity contribution in [2.75, 3.05) is 19.7 Å². The number of alkyl halides is 3. The van der Waals surface area contributed by atoms with E-state index in [2.05, 4.69) is 5.32 Å². The van der Waals surface area contributed by atoms with Crippen LogP contribution < -0.4 is 15.4 Å². The topological polar surface area (TPSA) is 87.7 Å². The molecule has 1 rings (SSSR count). The minimum absolute atomic E-state index is 0.0835. The van der Waals surface area contributed by atoms with Gasteiger partial charge >= 0.3 is 6.18 Å². The summed E-state index contributed by atoms with van der Waals surface area (Å²) in [5.41, 5.74) is 0.235. The Kier molecular flexibility index (Phi) is 6.83. The van der Waals surface area contributed by atoms with Crippen molar-refractivity contribution in [3.63, 3.8) is 0 Å². The zero-order valence-electron chi connectivity index (χ0n) is 12.3. The van der Waals surface area contributed by atoms with Crippen LogP contribution in [0.3, 0.4) is 0 Å². The molecule has 0 heterocycles. The molecular weight excluding hydrogens is 317 g/mol. The second-order valence-electron chi connectivity index (χ2n) is 4.60. The summed E-state index contributed by atoms with van der Waals surface area (Å²) in [7, 11) is 0. The first-order valence-electron chi connectivity index (χ1n) is 6.73. The standard InChI is InChI=1S/C14H17F3N2O4/c1-9(12(21)19-8-14(15,16)17)23-11-4-2-3-10(7-11)13(22)18-5-6-20/h2-4,7,9,20H,5-6,8H2,1H3,(H,18,22)(H,19,21). The molecule has 6 nitrogen and oxygen atoms in total. The summed E-state index contributed by atoms with van der Waals surface area (Å²) in [5.74, 6) is -1.20. The summed E-state index contributed by atoms with van der Waals surface area (Å²) in [5, 5.41) is 12.8.